The van der Waals surface area contributed by atoms with Crippen LogP contribution in [0.3, 0.4) is 0 Å². The Bertz CT molecular complexity index is 441. The van der Waals surface area contributed by atoms with Gasteiger partial charge in [-0.25, -0.2) is 4.39 Å². The molecule has 17 heavy (non-hydrogen) atoms. The van der Waals surface area contributed by atoms with E-state index in [2.05, 4.69) is 0 Å². The Balaban J connectivity index is 2.15. The molecule has 1 aliphatic rings. The summed E-state index contributed by atoms with van der Waals surface area (Å²) in [6, 6.07) is 4.25. The molecule has 2 rings (SSSR count). The molecule has 1 fully saturated rings. The predicted octanol–water partition coefficient (Wildman–Crippen LogP) is 3.13. The molecule has 2 nitrogen and oxygen atoms in total. The van der Waals surface area contributed by atoms with Crippen LogP contribution >= 0.6 is 34.2 Å². The summed E-state index contributed by atoms with van der Waals surface area (Å²) in [5, 5.41) is 0. The number of halogens is 3. The first kappa shape index (κ1) is 13.1. The average Bonchev–Trinajstić information content (AvgIpc) is 2.76. The van der Waals surface area contributed by atoms with Crippen LogP contribution in [-0.2, 0) is 0 Å². The van der Waals surface area contributed by atoms with Crippen LogP contribution in [0.4, 0.5) is 4.39 Å². The molecule has 1 heterocycles. The van der Waals surface area contributed by atoms with E-state index in [9.17, 15) is 9.18 Å². The minimum Gasteiger partial charge on any atom is -0.338 e. The Morgan fingerprint density at radius 2 is 2.35 bits per heavy atom. The predicted molar refractivity (Wildman–Crippen MR) is 73.8 cm³/mol. The van der Waals surface area contributed by atoms with Gasteiger partial charge in [0.05, 0.1) is 5.56 Å². The molecule has 5 heteroatoms. The molecule has 0 aliphatic carbocycles. The van der Waals surface area contributed by atoms with Gasteiger partial charge >= 0.3 is 0 Å². The van der Waals surface area contributed by atoms with Crippen molar-refractivity contribution in [3.63, 3.8) is 0 Å². The van der Waals surface area contributed by atoms with Crippen molar-refractivity contribution >= 4 is 40.1 Å². The smallest absolute Gasteiger partial charge is 0.254 e. The van der Waals surface area contributed by atoms with E-state index < -0.39 is 0 Å². The molecule has 1 unspecified atom stereocenters. The second-order valence-corrected chi connectivity index (χ2v) is 5.66. The average molecular weight is 368 g/mol. The molecule has 0 bridgehead atoms. The van der Waals surface area contributed by atoms with E-state index in [0.717, 1.165) is 13.0 Å². The van der Waals surface area contributed by atoms with E-state index >= 15 is 0 Å². The van der Waals surface area contributed by atoms with E-state index in [-0.39, 0.29) is 11.7 Å². The Morgan fingerprint density at radius 1 is 1.59 bits per heavy atom. The Kier molecular flexibility index (Phi) is 4.25. The van der Waals surface area contributed by atoms with Crippen LogP contribution in [0.5, 0.6) is 0 Å². The van der Waals surface area contributed by atoms with Crippen LogP contribution in [0.1, 0.15) is 16.8 Å². The Labute approximate surface area is 118 Å². The topological polar surface area (TPSA) is 20.3 Å². The normalized spacial score (nSPS) is 19.7. The second kappa shape index (κ2) is 5.52. The molecular weight excluding hydrogens is 355 g/mol. The van der Waals surface area contributed by atoms with Crippen LogP contribution in [0.2, 0.25) is 0 Å². The summed E-state index contributed by atoms with van der Waals surface area (Å²) < 4.78 is 13.6. The first-order valence-corrected chi connectivity index (χ1v) is 7.03. The molecular formula is C12H12ClFINO. The highest BCUT2D eigenvalue weighted by atomic mass is 127. The molecule has 92 valence electrons. The molecule has 1 atom stereocenters. The van der Waals surface area contributed by atoms with Gasteiger partial charge in [-0.1, -0.05) is 0 Å². The molecule has 0 radical (unpaired) electrons. The third-order valence-electron chi connectivity index (χ3n) is 2.95. The number of alkyl halides is 1. The summed E-state index contributed by atoms with van der Waals surface area (Å²) in [7, 11) is 0. The van der Waals surface area contributed by atoms with Gasteiger partial charge < -0.3 is 4.90 Å². The summed E-state index contributed by atoms with van der Waals surface area (Å²) in [6.45, 7) is 1.44. The summed E-state index contributed by atoms with van der Waals surface area (Å²) in [4.78, 5) is 14.0. The lowest BCUT2D eigenvalue weighted by Crippen LogP contribution is -2.29. The van der Waals surface area contributed by atoms with E-state index in [1.54, 1.807) is 11.0 Å². The van der Waals surface area contributed by atoms with Gasteiger partial charge in [-0.3, -0.25) is 4.79 Å². The van der Waals surface area contributed by atoms with Gasteiger partial charge in [0.1, 0.15) is 5.82 Å². The largest absolute Gasteiger partial charge is 0.338 e. The molecule has 1 aromatic rings. The SMILES string of the molecule is O=C(c1ccc(F)cc1I)N1CCC(CCl)C1. The lowest BCUT2D eigenvalue weighted by Gasteiger charge is -2.17. The fourth-order valence-corrected chi connectivity index (χ4v) is 2.94. The van der Waals surface area contributed by atoms with Gasteiger partial charge in [-0.15, -0.1) is 11.6 Å². The van der Waals surface area contributed by atoms with Gasteiger partial charge in [-0.2, -0.15) is 0 Å². The molecule has 0 aromatic heterocycles. The maximum Gasteiger partial charge on any atom is 0.254 e. The van der Waals surface area contributed by atoms with E-state index in [4.69, 9.17) is 11.6 Å². The van der Waals surface area contributed by atoms with Gasteiger partial charge in [-0.05, 0) is 53.1 Å². The van der Waals surface area contributed by atoms with Crippen molar-refractivity contribution in [2.24, 2.45) is 5.92 Å². The van der Waals surface area contributed by atoms with Crippen molar-refractivity contribution in [2.45, 2.75) is 6.42 Å². The van der Waals surface area contributed by atoms with Crippen molar-refractivity contribution in [3.8, 4) is 0 Å². The molecule has 1 amide bonds. The van der Waals surface area contributed by atoms with Crippen LogP contribution in [0.15, 0.2) is 18.2 Å². The first-order valence-electron chi connectivity index (χ1n) is 5.42. The van der Waals surface area contributed by atoms with Crippen molar-refractivity contribution in [1.29, 1.82) is 0 Å². The van der Waals surface area contributed by atoms with Crippen LogP contribution < -0.4 is 0 Å². The van der Waals surface area contributed by atoms with E-state index in [1.165, 1.54) is 12.1 Å². The molecule has 1 saturated heterocycles. The fourth-order valence-electron chi connectivity index (χ4n) is 1.98. The zero-order chi connectivity index (χ0) is 12.4. The van der Waals surface area contributed by atoms with Crippen LogP contribution in [-0.4, -0.2) is 29.8 Å². The van der Waals surface area contributed by atoms with Crippen molar-refractivity contribution in [3.05, 3.63) is 33.1 Å². The monoisotopic (exact) mass is 367 g/mol. The number of carbonyl (C=O) groups excluding carboxylic acids is 1. The third-order valence-corrected chi connectivity index (χ3v) is 4.28. The number of nitrogens with zero attached hydrogens (tertiary/aromatic N) is 1. The number of rotatable bonds is 2. The number of amides is 1. The minimum absolute atomic E-state index is 0.0259. The van der Waals surface area contributed by atoms with Gasteiger partial charge in [0.2, 0.25) is 0 Å². The molecule has 0 saturated carbocycles. The van der Waals surface area contributed by atoms with E-state index in [1.807, 2.05) is 22.6 Å². The maximum atomic E-state index is 13.0. The van der Waals surface area contributed by atoms with Gasteiger partial charge in [0.25, 0.3) is 5.91 Å². The molecule has 1 aliphatic heterocycles. The lowest BCUT2D eigenvalue weighted by molar-refractivity contribution is 0.0787. The van der Waals surface area contributed by atoms with E-state index in [0.29, 0.717) is 27.5 Å². The zero-order valence-electron chi connectivity index (χ0n) is 9.13. The fraction of sp³-hybridized carbons (Fsp3) is 0.417. The zero-order valence-corrected chi connectivity index (χ0v) is 12.0. The van der Waals surface area contributed by atoms with Crippen molar-refractivity contribution in [2.75, 3.05) is 19.0 Å². The summed E-state index contributed by atoms with van der Waals surface area (Å²) in [6.07, 6.45) is 0.951. The number of hydrogen-bond donors (Lipinski definition) is 0. The van der Waals surface area contributed by atoms with Crippen LogP contribution in [0.25, 0.3) is 0 Å². The Hall–Kier alpha value is -0.360. The van der Waals surface area contributed by atoms with Crippen molar-refractivity contribution < 1.29 is 9.18 Å². The quantitative estimate of drug-likeness (QED) is 0.581. The number of benzene rings is 1. The first-order chi connectivity index (χ1) is 8.11. The summed E-state index contributed by atoms with van der Waals surface area (Å²) >= 11 is 7.78. The molecule has 0 N–H and O–H groups in total. The Morgan fingerprint density at radius 3 is 2.94 bits per heavy atom. The maximum absolute atomic E-state index is 13.0. The highest BCUT2D eigenvalue weighted by Gasteiger charge is 2.27. The molecule has 1 aromatic carbocycles. The number of likely N-dealkylation sites (tertiary alicyclic amines) is 1. The molecule has 0 spiro atoms. The summed E-state index contributed by atoms with van der Waals surface area (Å²) in [5.74, 6) is 0.636. The van der Waals surface area contributed by atoms with Gasteiger partial charge in [0.15, 0.2) is 0 Å². The highest BCUT2D eigenvalue weighted by Crippen LogP contribution is 2.22. The minimum atomic E-state index is -0.314. The standard InChI is InChI=1S/C12H12ClFINO/c13-6-8-3-4-16(7-8)12(17)10-2-1-9(14)5-11(10)15/h1-2,5,8H,3-4,6-7H2. The number of carbonyl (C=O) groups is 1. The lowest BCUT2D eigenvalue weighted by atomic mass is 10.1. The third kappa shape index (κ3) is 2.91. The van der Waals surface area contributed by atoms with Crippen molar-refractivity contribution in [1.82, 2.24) is 4.90 Å². The van der Waals surface area contributed by atoms with Gasteiger partial charge in [0, 0.05) is 22.5 Å². The second-order valence-electron chi connectivity index (χ2n) is 4.18. The highest BCUT2D eigenvalue weighted by molar-refractivity contribution is 14.1. The number of hydrogen-bond acceptors (Lipinski definition) is 1. The summed E-state index contributed by atoms with van der Waals surface area (Å²) in [5.41, 5.74) is 0.572. The van der Waals surface area contributed by atoms with Crippen LogP contribution in [0, 0.1) is 15.3 Å².